The van der Waals surface area contributed by atoms with E-state index in [1.807, 2.05) is 28.9 Å². The zero-order valence-electron chi connectivity index (χ0n) is 30.4. The van der Waals surface area contributed by atoms with Crippen LogP contribution in [0.25, 0.3) is 94.4 Å². The molecule has 0 N–H and O–H groups in total. The van der Waals surface area contributed by atoms with Crippen molar-refractivity contribution in [2.24, 2.45) is 0 Å². The Morgan fingerprint density at radius 1 is 0.375 bits per heavy atom. The number of aromatic nitrogens is 5. The lowest BCUT2D eigenvalue weighted by molar-refractivity contribution is -0.657. The molecule has 8 aromatic carbocycles. The first-order chi connectivity index (χ1) is 27.8. The predicted molar refractivity (Wildman–Crippen MR) is 229 cm³/mol. The first kappa shape index (κ1) is 31.9. The third kappa shape index (κ3) is 5.21. The van der Waals surface area contributed by atoms with Crippen LogP contribution in [-0.2, 0) is 0 Å². The second-order valence-corrected chi connectivity index (χ2v) is 14.1. The van der Waals surface area contributed by atoms with Gasteiger partial charge >= 0.3 is 0 Å². The maximum atomic E-state index is 5.20. The van der Waals surface area contributed by atoms with E-state index in [0.29, 0.717) is 5.82 Å². The number of fused-ring (bicyclic) bond motifs is 6. The van der Waals surface area contributed by atoms with Gasteiger partial charge in [0.25, 0.3) is 0 Å². The highest BCUT2D eigenvalue weighted by Gasteiger charge is 2.24. The number of benzene rings is 8. The molecule has 0 aliphatic rings. The van der Waals surface area contributed by atoms with Crippen LogP contribution in [0.3, 0.4) is 0 Å². The van der Waals surface area contributed by atoms with Crippen molar-refractivity contribution in [1.29, 1.82) is 0 Å². The van der Waals surface area contributed by atoms with Gasteiger partial charge in [-0.1, -0.05) is 133 Å². The summed E-state index contributed by atoms with van der Waals surface area (Å²) in [6.45, 7) is 0. The molecule has 0 unspecified atom stereocenters. The van der Waals surface area contributed by atoms with Gasteiger partial charge in [-0.25, -0.2) is 4.98 Å². The summed E-state index contributed by atoms with van der Waals surface area (Å²) < 4.78 is 6.75. The molecular formula is C51H34N5+. The second-order valence-electron chi connectivity index (χ2n) is 14.1. The van der Waals surface area contributed by atoms with Crippen molar-refractivity contribution in [2.45, 2.75) is 0 Å². The van der Waals surface area contributed by atoms with Crippen molar-refractivity contribution in [3.8, 4) is 50.8 Å². The highest BCUT2D eigenvalue weighted by molar-refractivity contribution is 6.14. The Morgan fingerprint density at radius 2 is 0.893 bits per heavy atom. The molecule has 0 saturated carbocycles. The van der Waals surface area contributed by atoms with Crippen LogP contribution in [0.2, 0.25) is 0 Å². The number of hydrogen-bond donors (Lipinski definition) is 0. The molecule has 5 nitrogen and oxygen atoms in total. The fourth-order valence-corrected chi connectivity index (χ4v) is 8.28. The molecule has 11 rings (SSSR count). The third-order valence-electron chi connectivity index (χ3n) is 10.8. The summed E-state index contributed by atoms with van der Waals surface area (Å²) >= 11 is 0. The minimum absolute atomic E-state index is 0.666. The smallest absolute Gasteiger partial charge is 0.248 e. The van der Waals surface area contributed by atoms with Gasteiger partial charge in [0.15, 0.2) is 0 Å². The van der Waals surface area contributed by atoms with Gasteiger partial charge < -0.3 is 9.13 Å². The first-order valence-corrected chi connectivity index (χ1v) is 18.9. The molecule has 262 valence electrons. The molecule has 0 saturated heterocycles. The average molecular weight is 717 g/mol. The summed E-state index contributed by atoms with van der Waals surface area (Å²) in [5.74, 6) is 0.666. The maximum absolute atomic E-state index is 5.20. The molecule has 3 heterocycles. The van der Waals surface area contributed by atoms with Crippen molar-refractivity contribution in [1.82, 2.24) is 19.2 Å². The van der Waals surface area contributed by atoms with Crippen molar-refractivity contribution >= 4 is 43.6 Å². The van der Waals surface area contributed by atoms with Crippen LogP contribution in [-0.4, -0.2) is 19.2 Å². The van der Waals surface area contributed by atoms with Crippen LogP contribution in [0.5, 0.6) is 0 Å². The molecule has 0 atom stereocenters. The van der Waals surface area contributed by atoms with E-state index in [0.717, 1.165) is 61.3 Å². The third-order valence-corrected chi connectivity index (χ3v) is 10.8. The Hall–Kier alpha value is -7.63. The minimum Gasteiger partial charge on any atom is -0.309 e. The molecule has 0 radical (unpaired) electrons. The van der Waals surface area contributed by atoms with Gasteiger partial charge in [-0.2, -0.15) is 0 Å². The number of nitrogens with zero attached hydrogens (tertiary/aromatic N) is 5. The predicted octanol–water partition coefficient (Wildman–Crippen LogP) is 11.9. The number of rotatable bonds is 6. The maximum Gasteiger partial charge on any atom is 0.248 e. The molecule has 56 heavy (non-hydrogen) atoms. The van der Waals surface area contributed by atoms with Crippen molar-refractivity contribution < 1.29 is 4.68 Å². The van der Waals surface area contributed by atoms with Crippen molar-refractivity contribution in [3.05, 3.63) is 206 Å². The Balaban J connectivity index is 1.16. The first-order valence-electron chi connectivity index (χ1n) is 18.9. The molecule has 0 aliphatic heterocycles. The standard InChI is InChI=1S/C51H34N5/c1-5-16-35(17-6-1)44-34-54(53-51(52-44)36-18-7-2-8-19-36)48-26-15-27-49-50(48)43-33-38(29-31-47(43)56(49)40-22-11-4-12-23-40)37-28-30-46-42(32-37)41-24-13-14-25-45(41)55(46)39-20-9-3-10-21-39/h1-34H/q+1. The highest BCUT2D eigenvalue weighted by Crippen LogP contribution is 2.39. The van der Waals surface area contributed by atoms with E-state index < -0.39 is 0 Å². The quantitative estimate of drug-likeness (QED) is 0.161. The van der Waals surface area contributed by atoms with Crippen molar-refractivity contribution in [2.75, 3.05) is 0 Å². The average Bonchev–Trinajstić information content (AvgIpc) is 3.80. The molecule has 0 spiro atoms. The van der Waals surface area contributed by atoms with E-state index in [1.165, 1.54) is 27.4 Å². The zero-order chi connectivity index (χ0) is 37.0. The van der Waals surface area contributed by atoms with E-state index in [4.69, 9.17) is 10.1 Å². The summed E-state index contributed by atoms with van der Waals surface area (Å²) in [6, 6.07) is 70.8. The summed E-state index contributed by atoms with van der Waals surface area (Å²) in [6.07, 6.45) is 2.06. The Labute approximate surface area is 323 Å². The largest absolute Gasteiger partial charge is 0.309 e. The fraction of sp³-hybridized carbons (Fsp3) is 0. The minimum atomic E-state index is 0.666. The Kier molecular flexibility index (Phi) is 7.42. The number of hydrogen-bond acceptors (Lipinski definition) is 2. The topological polar surface area (TPSA) is 39.5 Å². The molecule has 5 heteroatoms. The molecule has 0 fully saturated rings. The molecular weight excluding hydrogens is 683 g/mol. The summed E-state index contributed by atoms with van der Waals surface area (Å²) in [7, 11) is 0. The molecule has 0 amide bonds. The Bertz CT molecular complexity index is 3160. The Morgan fingerprint density at radius 3 is 1.57 bits per heavy atom. The van der Waals surface area contributed by atoms with Gasteiger partial charge in [0, 0.05) is 49.8 Å². The van der Waals surface area contributed by atoms with Crippen LogP contribution < -0.4 is 4.68 Å². The summed E-state index contributed by atoms with van der Waals surface area (Å²) in [5.41, 5.74) is 13.0. The summed E-state index contributed by atoms with van der Waals surface area (Å²) in [4.78, 5) is 5.08. The molecule has 11 aromatic rings. The monoisotopic (exact) mass is 716 g/mol. The van der Waals surface area contributed by atoms with Gasteiger partial charge in [-0.05, 0) is 76.5 Å². The van der Waals surface area contributed by atoms with Gasteiger partial charge in [0.2, 0.25) is 17.7 Å². The van der Waals surface area contributed by atoms with E-state index >= 15 is 0 Å². The van der Waals surface area contributed by atoms with Crippen LogP contribution in [0, 0.1) is 0 Å². The lowest BCUT2D eigenvalue weighted by Crippen LogP contribution is -2.36. The van der Waals surface area contributed by atoms with Gasteiger partial charge in [0.1, 0.15) is 5.69 Å². The van der Waals surface area contributed by atoms with Crippen molar-refractivity contribution in [3.63, 3.8) is 0 Å². The molecule has 0 aliphatic carbocycles. The summed E-state index contributed by atoms with van der Waals surface area (Å²) in [5, 5.41) is 9.94. The van der Waals surface area contributed by atoms with E-state index in [9.17, 15) is 0 Å². The van der Waals surface area contributed by atoms with E-state index in [2.05, 4.69) is 191 Å². The lowest BCUT2D eigenvalue weighted by atomic mass is 10.00. The van der Waals surface area contributed by atoms with E-state index in [-0.39, 0.29) is 0 Å². The molecule has 0 bridgehead atoms. The van der Waals surface area contributed by atoms with E-state index in [1.54, 1.807) is 0 Å². The highest BCUT2D eigenvalue weighted by atomic mass is 15.3. The van der Waals surface area contributed by atoms with Crippen LogP contribution >= 0.6 is 0 Å². The normalized spacial score (nSPS) is 11.6. The van der Waals surface area contributed by atoms with Gasteiger partial charge in [0.05, 0.1) is 27.5 Å². The molecule has 3 aromatic heterocycles. The van der Waals surface area contributed by atoms with Gasteiger partial charge in [-0.15, -0.1) is 0 Å². The van der Waals surface area contributed by atoms with Crippen LogP contribution in [0.15, 0.2) is 206 Å². The SMILES string of the molecule is c1ccc(-c2c[n+](-c3cccc4c3c3cc(-c5ccc6c(c5)c5ccccc5n6-c5ccccc5)ccc3n4-c3ccccc3)nc(-c3ccccc3)n2)cc1. The zero-order valence-corrected chi connectivity index (χ0v) is 30.4. The second kappa shape index (κ2) is 13.0. The number of para-hydroxylation sites is 3. The van der Waals surface area contributed by atoms with Crippen LogP contribution in [0.1, 0.15) is 0 Å². The van der Waals surface area contributed by atoms with Gasteiger partial charge in [-0.3, -0.25) is 0 Å². The fourth-order valence-electron chi connectivity index (χ4n) is 8.28. The lowest BCUT2D eigenvalue weighted by Gasteiger charge is -2.09. The van der Waals surface area contributed by atoms with Crippen LogP contribution in [0.4, 0.5) is 0 Å².